The van der Waals surface area contributed by atoms with Gasteiger partial charge in [-0.15, -0.1) is 5.10 Å². The van der Waals surface area contributed by atoms with Gasteiger partial charge in [0.1, 0.15) is 11.6 Å². The van der Waals surface area contributed by atoms with Crippen LogP contribution in [0.1, 0.15) is 25.1 Å². The van der Waals surface area contributed by atoms with Crippen molar-refractivity contribution in [2.75, 3.05) is 31.5 Å². The van der Waals surface area contributed by atoms with Crippen molar-refractivity contribution in [3.8, 4) is 0 Å². The predicted octanol–water partition coefficient (Wildman–Crippen LogP) is 2.72. The van der Waals surface area contributed by atoms with Crippen molar-refractivity contribution in [2.24, 2.45) is 0 Å². The first kappa shape index (κ1) is 16.5. The van der Waals surface area contributed by atoms with Crippen LogP contribution in [0.15, 0.2) is 24.4 Å². The van der Waals surface area contributed by atoms with Gasteiger partial charge in [-0.3, -0.25) is 0 Å². The van der Waals surface area contributed by atoms with Gasteiger partial charge >= 0.3 is 0 Å². The van der Waals surface area contributed by atoms with E-state index in [1.54, 1.807) is 0 Å². The predicted molar refractivity (Wildman–Crippen MR) is 99.8 cm³/mol. The van der Waals surface area contributed by atoms with E-state index in [1.165, 1.54) is 5.56 Å². The number of aromatic nitrogens is 3. The minimum absolute atomic E-state index is 0.765. The molecule has 0 spiro atoms. The van der Waals surface area contributed by atoms with Crippen molar-refractivity contribution >= 4 is 22.7 Å². The van der Waals surface area contributed by atoms with Crippen LogP contribution in [-0.4, -0.2) is 45.8 Å². The third kappa shape index (κ3) is 3.01. The van der Waals surface area contributed by atoms with Crippen molar-refractivity contribution in [1.82, 2.24) is 25.0 Å². The van der Waals surface area contributed by atoms with Crippen molar-refractivity contribution in [3.63, 3.8) is 0 Å². The highest BCUT2D eigenvalue weighted by molar-refractivity contribution is 5.94. The molecular weight excluding hydrogens is 300 g/mol. The van der Waals surface area contributed by atoms with Crippen LogP contribution in [0.2, 0.25) is 0 Å². The minimum atomic E-state index is 0.765. The molecule has 0 saturated heterocycles. The fourth-order valence-corrected chi connectivity index (χ4v) is 3.14. The molecule has 0 amide bonds. The molecule has 0 radical (unpaired) electrons. The Hall–Kier alpha value is -2.34. The summed E-state index contributed by atoms with van der Waals surface area (Å²) in [6, 6.07) is 2.08. The Bertz CT molecular complexity index is 797. The Labute approximate surface area is 143 Å². The van der Waals surface area contributed by atoms with E-state index in [9.17, 15) is 0 Å². The molecule has 0 atom stereocenters. The second-order valence-corrected chi connectivity index (χ2v) is 6.17. The number of pyridine rings is 1. The third-order valence-electron chi connectivity index (χ3n) is 4.42. The number of hydrogen-bond donors (Lipinski definition) is 2. The molecule has 6 nitrogen and oxygen atoms in total. The molecule has 128 valence electrons. The van der Waals surface area contributed by atoms with Crippen LogP contribution >= 0.6 is 0 Å². The van der Waals surface area contributed by atoms with Crippen molar-refractivity contribution in [3.05, 3.63) is 35.7 Å². The van der Waals surface area contributed by atoms with Crippen molar-refractivity contribution in [1.29, 1.82) is 0 Å². The zero-order valence-electron chi connectivity index (χ0n) is 15.0. The number of rotatable bonds is 6. The Morgan fingerprint density at radius 2 is 2.04 bits per heavy atom. The molecule has 0 saturated carbocycles. The van der Waals surface area contributed by atoms with Crippen LogP contribution in [-0.2, 0) is 0 Å². The Kier molecular flexibility index (Phi) is 4.57. The molecule has 1 aliphatic rings. The standard InChI is InChI=1S/C18H26N6/c1-6-23(7-2)9-8-19-15-11-14(5)21-18-16-12(3)10-13(4)20-17(16)22-24(15)18/h10-11,19,21H,5-9H2,1-4H3. The van der Waals surface area contributed by atoms with E-state index in [0.717, 1.165) is 60.2 Å². The summed E-state index contributed by atoms with van der Waals surface area (Å²) in [4.78, 5) is 6.96. The van der Waals surface area contributed by atoms with Crippen LogP contribution in [0.4, 0.5) is 5.82 Å². The van der Waals surface area contributed by atoms with Crippen molar-refractivity contribution in [2.45, 2.75) is 27.7 Å². The zero-order chi connectivity index (χ0) is 17.3. The normalized spacial score (nSPS) is 13.9. The number of nitrogens with one attached hydrogen (secondary N) is 2. The van der Waals surface area contributed by atoms with E-state index < -0.39 is 0 Å². The molecule has 0 bridgehead atoms. The molecule has 2 aromatic heterocycles. The molecule has 0 aliphatic carbocycles. The molecule has 0 aromatic carbocycles. The smallest absolute Gasteiger partial charge is 0.184 e. The maximum absolute atomic E-state index is 4.69. The number of hydrogen-bond acceptors (Lipinski definition) is 5. The first-order valence-electron chi connectivity index (χ1n) is 8.54. The zero-order valence-corrected chi connectivity index (χ0v) is 15.0. The van der Waals surface area contributed by atoms with E-state index in [2.05, 4.69) is 59.0 Å². The highest BCUT2D eigenvalue weighted by atomic mass is 15.4. The quantitative estimate of drug-likeness (QED) is 0.855. The Morgan fingerprint density at radius 3 is 2.75 bits per heavy atom. The van der Waals surface area contributed by atoms with Gasteiger partial charge in [-0.05, 0) is 38.6 Å². The van der Waals surface area contributed by atoms with E-state index in [1.807, 2.05) is 17.7 Å². The van der Waals surface area contributed by atoms with Gasteiger partial charge in [0.2, 0.25) is 0 Å². The molecule has 3 heterocycles. The number of allylic oxidation sites excluding steroid dienone is 1. The molecular formula is C18H26N6. The molecule has 6 heteroatoms. The van der Waals surface area contributed by atoms with E-state index in [-0.39, 0.29) is 0 Å². The molecule has 2 aromatic rings. The van der Waals surface area contributed by atoms with Crippen LogP contribution in [0.3, 0.4) is 0 Å². The Balaban J connectivity index is 1.90. The van der Waals surface area contributed by atoms with Crippen LogP contribution in [0.25, 0.3) is 16.9 Å². The minimum Gasteiger partial charge on any atom is -0.369 e. The summed E-state index contributed by atoms with van der Waals surface area (Å²) >= 11 is 0. The van der Waals surface area contributed by atoms with E-state index >= 15 is 0 Å². The average molecular weight is 326 g/mol. The van der Waals surface area contributed by atoms with Crippen LogP contribution < -0.4 is 10.6 Å². The molecule has 3 rings (SSSR count). The molecule has 0 fully saturated rings. The molecule has 24 heavy (non-hydrogen) atoms. The second-order valence-electron chi connectivity index (χ2n) is 6.17. The van der Waals surface area contributed by atoms with Gasteiger partial charge in [0.25, 0.3) is 0 Å². The summed E-state index contributed by atoms with van der Waals surface area (Å²) in [5, 5.41) is 12.6. The lowest BCUT2D eigenvalue weighted by Gasteiger charge is -2.23. The lowest BCUT2D eigenvalue weighted by molar-refractivity contribution is 0.307. The number of fused-ring (bicyclic) bond motifs is 3. The lowest BCUT2D eigenvalue weighted by atomic mass is 10.1. The number of anilines is 1. The maximum atomic E-state index is 4.69. The Morgan fingerprint density at radius 1 is 1.29 bits per heavy atom. The van der Waals surface area contributed by atoms with Crippen LogP contribution in [0, 0.1) is 13.8 Å². The first-order chi connectivity index (χ1) is 11.5. The fourth-order valence-electron chi connectivity index (χ4n) is 3.14. The van der Waals surface area contributed by atoms with Gasteiger partial charge in [-0.25, -0.2) is 4.98 Å². The summed E-state index contributed by atoms with van der Waals surface area (Å²) in [6.45, 7) is 16.5. The highest BCUT2D eigenvalue weighted by Crippen LogP contribution is 2.31. The third-order valence-corrected chi connectivity index (χ3v) is 4.42. The summed E-state index contributed by atoms with van der Waals surface area (Å²) in [5.41, 5.74) is 3.77. The highest BCUT2D eigenvalue weighted by Gasteiger charge is 2.21. The summed E-state index contributed by atoms with van der Waals surface area (Å²) in [7, 11) is 0. The number of aryl methyl sites for hydroxylation is 2. The van der Waals surface area contributed by atoms with Gasteiger partial charge in [0, 0.05) is 30.6 Å². The largest absolute Gasteiger partial charge is 0.369 e. The van der Waals surface area contributed by atoms with Gasteiger partial charge < -0.3 is 15.5 Å². The van der Waals surface area contributed by atoms with Gasteiger partial charge in [0.15, 0.2) is 5.65 Å². The van der Waals surface area contributed by atoms with E-state index in [4.69, 9.17) is 0 Å². The SMILES string of the molecule is C=C1C=C(NCCN(CC)CC)n2nc3nc(C)cc(C)c3c2N1. The summed E-state index contributed by atoms with van der Waals surface area (Å²) < 4.78 is 1.90. The second kappa shape index (κ2) is 6.65. The maximum Gasteiger partial charge on any atom is 0.184 e. The summed E-state index contributed by atoms with van der Waals surface area (Å²) in [6.07, 6.45) is 1.99. The number of nitrogens with zero attached hydrogens (tertiary/aromatic N) is 4. The average Bonchev–Trinajstić information content (AvgIpc) is 2.89. The fraction of sp³-hybridized carbons (Fsp3) is 0.444. The first-order valence-corrected chi connectivity index (χ1v) is 8.54. The van der Waals surface area contributed by atoms with Crippen LogP contribution in [0.5, 0.6) is 0 Å². The van der Waals surface area contributed by atoms with E-state index in [0.29, 0.717) is 0 Å². The molecule has 0 unspecified atom stereocenters. The van der Waals surface area contributed by atoms with Gasteiger partial charge in [-0.1, -0.05) is 20.4 Å². The monoisotopic (exact) mass is 326 g/mol. The summed E-state index contributed by atoms with van der Waals surface area (Å²) in [5.74, 6) is 1.88. The van der Waals surface area contributed by atoms with Gasteiger partial charge in [0.05, 0.1) is 5.39 Å². The van der Waals surface area contributed by atoms with Gasteiger partial charge in [-0.2, -0.15) is 4.68 Å². The number of likely N-dealkylation sites (N-methyl/N-ethyl adjacent to an activating group) is 1. The van der Waals surface area contributed by atoms with Crippen molar-refractivity contribution < 1.29 is 0 Å². The molecule has 2 N–H and O–H groups in total. The lowest BCUT2D eigenvalue weighted by Crippen LogP contribution is -2.33. The topological polar surface area (TPSA) is 58.0 Å². The molecule has 1 aliphatic heterocycles.